The van der Waals surface area contributed by atoms with Gasteiger partial charge in [0, 0.05) is 59.1 Å². The fraction of sp³-hybridized carbons (Fsp3) is 0.889. The number of hydrogen-bond donors (Lipinski definition) is 1. The number of carbonyl (C=O) groups excluding carboxylic acids is 1. The Morgan fingerprint density at radius 3 is 2.44 bits per heavy atom. The first kappa shape index (κ1) is 18.5. The van der Waals surface area contributed by atoms with Gasteiger partial charge in [-0.3, -0.25) is 9.79 Å². The van der Waals surface area contributed by atoms with Gasteiger partial charge in [-0.1, -0.05) is 0 Å². The molecule has 0 spiro atoms. The summed E-state index contributed by atoms with van der Waals surface area (Å²) in [5.74, 6) is 1.78. The largest absolute Gasteiger partial charge is 0.381 e. The van der Waals surface area contributed by atoms with Crippen molar-refractivity contribution in [3.8, 4) is 0 Å². The van der Waals surface area contributed by atoms with Crippen molar-refractivity contribution in [1.82, 2.24) is 15.1 Å². The third-order valence-electron chi connectivity index (χ3n) is 5.27. The molecule has 0 radical (unpaired) electrons. The Kier molecular flexibility index (Phi) is 6.93. The highest BCUT2D eigenvalue weighted by Gasteiger charge is 2.31. The molecule has 3 heterocycles. The molecule has 3 fully saturated rings. The third kappa shape index (κ3) is 5.07. The second-order valence-corrected chi connectivity index (χ2v) is 7.06. The second-order valence-electron chi connectivity index (χ2n) is 7.06. The number of amides is 1. The lowest BCUT2D eigenvalue weighted by atomic mass is 10.0. The van der Waals surface area contributed by atoms with E-state index in [1.54, 1.807) is 0 Å². The maximum Gasteiger partial charge on any atom is 0.251 e. The van der Waals surface area contributed by atoms with Gasteiger partial charge in [-0.15, -0.1) is 0 Å². The molecule has 1 amide bonds. The van der Waals surface area contributed by atoms with E-state index in [2.05, 4.69) is 17.1 Å². The lowest BCUT2D eigenvalue weighted by Crippen LogP contribution is -2.55. The van der Waals surface area contributed by atoms with Crippen LogP contribution in [0.3, 0.4) is 0 Å². The van der Waals surface area contributed by atoms with Crippen molar-refractivity contribution in [3.63, 3.8) is 0 Å². The van der Waals surface area contributed by atoms with Gasteiger partial charge in [-0.2, -0.15) is 0 Å². The maximum absolute atomic E-state index is 12.5. The van der Waals surface area contributed by atoms with E-state index in [9.17, 15) is 4.79 Å². The van der Waals surface area contributed by atoms with Gasteiger partial charge in [0.25, 0.3) is 5.91 Å². The molecule has 0 aromatic rings. The van der Waals surface area contributed by atoms with Crippen LogP contribution in [-0.2, 0) is 14.3 Å². The van der Waals surface area contributed by atoms with E-state index in [0.717, 1.165) is 90.7 Å². The molecule has 0 saturated carbocycles. The van der Waals surface area contributed by atoms with Crippen LogP contribution in [0, 0.1) is 5.92 Å². The van der Waals surface area contributed by atoms with Crippen LogP contribution in [0.1, 0.15) is 32.6 Å². The minimum absolute atomic E-state index is 0.168. The molecule has 0 aromatic heterocycles. The Bertz CT molecular complexity index is 451. The molecule has 1 atom stereocenters. The molecule has 3 rings (SSSR count). The van der Waals surface area contributed by atoms with Crippen molar-refractivity contribution >= 4 is 11.9 Å². The summed E-state index contributed by atoms with van der Waals surface area (Å²) in [7, 11) is 0. The standard InChI is InChI=1S/C18H32N4O3/c1-2-19-18(20-14-15-5-12-24-13-6-15)22-9-7-21(8-10-22)17(23)16-4-3-11-25-16/h15-16H,2-14H2,1H3,(H,19,20). The molecule has 142 valence electrons. The van der Waals surface area contributed by atoms with Crippen LogP contribution in [0.4, 0.5) is 0 Å². The predicted octanol–water partition coefficient (Wildman–Crippen LogP) is 0.702. The minimum Gasteiger partial charge on any atom is -0.381 e. The highest BCUT2D eigenvalue weighted by molar-refractivity contribution is 5.82. The van der Waals surface area contributed by atoms with Crippen molar-refractivity contribution in [2.45, 2.75) is 38.7 Å². The molecule has 3 aliphatic rings. The first-order chi connectivity index (χ1) is 12.3. The molecule has 0 aromatic carbocycles. The molecule has 1 N–H and O–H groups in total. The summed E-state index contributed by atoms with van der Waals surface area (Å²) in [6, 6.07) is 0. The van der Waals surface area contributed by atoms with Gasteiger partial charge < -0.3 is 24.6 Å². The molecule has 25 heavy (non-hydrogen) atoms. The zero-order chi connectivity index (χ0) is 17.5. The van der Waals surface area contributed by atoms with Crippen LogP contribution in [0.15, 0.2) is 4.99 Å². The molecule has 7 nitrogen and oxygen atoms in total. The second kappa shape index (κ2) is 9.38. The summed E-state index contributed by atoms with van der Waals surface area (Å²) in [6.45, 7) is 9.43. The Morgan fingerprint density at radius 2 is 1.80 bits per heavy atom. The van der Waals surface area contributed by atoms with Crippen LogP contribution < -0.4 is 5.32 Å². The smallest absolute Gasteiger partial charge is 0.251 e. The number of hydrogen-bond acceptors (Lipinski definition) is 4. The van der Waals surface area contributed by atoms with Gasteiger partial charge in [-0.05, 0) is 38.5 Å². The minimum atomic E-state index is -0.207. The number of ether oxygens (including phenoxy) is 2. The van der Waals surface area contributed by atoms with Crippen molar-refractivity contribution in [2.24, 2.45) is 10.9 Å². The zero-order valence-electron chi connectivity index (χ0n) is 15.4. The van der Waals surface area contributed by atoms with Crippen LogP contribution in [-0.4, -0.2) is 86.9 Å². The molecule has 3 saturated heterocycles. The Hall–Kier alpha value is -1.34. The van der Waals surface area contributed by atoms with E-state index >= 15 is 0 Å². The first-order valence-electron chi connectivity index (χ1n) is 9.79. The van der Waals surface area contributed by atoms with E-state index < -0.39 is 0 Å². The Balaban J connectivity index is 1.50. The predicted molar refractivity (Wildman–Crippen MR) is 96.6 cm³/mol. The van der Waals surface area contributed by atoms with Crippen molar-refractivity contribution in [2.75, 3.05) is 59.1 Å². The quantitative estimate of drug-likeness (QED) is 0.596. The number of nitrogens with zero attached hydrogens (tertiary/aromatic N) is 3. The van der Waals surface area contributed by atoms with Crippen LogP contribution in [0.2, 0.25) is 0 Å². The van der Waals surface area contributed by atoms with Crippen molar-refractivity contribution in [1.29, 1.82) is 0 Å². The number of guanidine groups is 1. The van der Waals surface area contributed by atoms with Gasteiger partial charge in [-0.25, -0.2) is 0 Å². The molecular formula is C18H32N4O3. The molecule has 7 heteroatoms. The van der Waals surface area contributed by atoms with Gasteiger partial charge in [0.05, 0.1) is 0 Å². The van der Waals surface area contributed by atoms with Crippen LogP contribution >= 0.6 is 0 Å². The average Bonchev–Trinajstić information content (AvgIpc) is 3.20. The fourth-order valence-electron chi connectivity index (χ4n) is 3.69. The van der Waals surface area contributed by atoms with Crippen molar-refractivity contribution in [3.05, 3.63) is 0 Å². The first-order valence-corrected chi connectivity index (χ1v) is 9.79. The summed E-state index contributed by atoms with van der Waals surface area (Å²) in [5.41, 5.74) is 0. The summed E-state index contributed by atoms with van der Waals surface area (Å²) >= 11 is 0. The van der Waals surface area contributed by atoms with E-state index in [1.807, 2.05) is 4.90 Å². The number of piperazine rings is 1. The summed E-state index contributed by atoms with van der Waals surface area (Å²) in [6.07, 6.45) is 3.87. The lowest BCUT2D eigenvalue weighted by Gasteiger charge is -2.37. The van der Waals surface area contributed by atoms with Crippen LogP contribution in [0.5, 0.6) is 0 Å². The molecule has 1 unspecified atom stereocenters. The lowest BCUT2D eigenvalue weighted by molar-refractivity contribution is -0.142. The topological polar surface area (TPSA) is 66.4 Å². The molecular weight excluding hydrogens is 320 g/mol. The van der Waals surface area contributed by atoms with Gasteiger partial charge >= 0.3 is 0 Å². The molecule has 3 aliphatic heterocycles. The number of carbonyl (C=O) groups is 1. The van der Waals surface area contributed by atoms with Gasteiger partial charge in [0.2, 0.25) is 0 Å². The number of nitrogens with one attached hydrogen (secondary N) is 1. The summed E-state index contributed by atoms with van der Waals surface area (Å²) < 4.78 is 11.0. The van der Waals surface area contributed by atoms with Gasteiger partial charge in [0.15, 0.2) is 5.96 Å². The zero-order valence-corrected chi connectivity index (χ0v) is 15.4. The average molecular weight is 352 g/mol. The van der Waals surface area contributed by atoms with Gasteiger partial charge in [0.1, 0.15) is 6.10 Å². The Labute approximate surface area is 150 Å². The monoisotopic (exact) mass is 352 g/mol. The van der Waals surface area contributed by atoms with E-state index in [1.165, 1.54) is 0 Å². The molecule has 0 bridgehead atoms. The third-order valence-corrected chi connectivity index (χ3v) is 5.27. The highest BCUT2D eigenvalue weighted by Crippen LogP contribution is 2.17. The fourth-order valence-corrected chi connectivity index (χ4v) is 3.69. The maximum atomic E-state index is 12.5. The summed E-state index contributed by atoms with van der Waals surface area (Å²) in [4.78, 5) is 21.5. The van der Waals surface area contributed by atoms with E-state index in [-0.39, 0.29) is 12.0 Å². The summed E-state index contributed by atoms with van der Waals surface area (Å²) in [5, 5.41) is 3.41. The van der Waals surface area contributed by atoms with E-state index in [4.69, 9.17) is 14.5 Å². The number of rotatable bonds is 4. The van der Waals surface area contributed by atoms with E-state index in [0.29, 0.717) is 5.92 Å². The highest BCUT2D eigenvalue weighted by atomic mass is 16.5. The number of aliphatic imine (C=N–C) groups is 1. The van der Waals surface area contributed by atoms with Crippen molar-refractivity contribution < 1.29 is 14.3 Å². The normalized spacial score (nSPS) is 26.1. The Morgan fingerprint density at radius 1 is 1.08 bits per heavy atom. The molecule has 0 aliphatic carbocycles. The van der Waals surface area contributed by atoms with Crippen LogP contribution in [0.25, 0.3) is 0 Å². The SMILES string of the molecule is CCNC(=NCC1CCOCC1)N1CCN(C(=O)C2CCCO2)CC1.